The Balaban J connectivity index is 2.33. The number of piperidine rings is 1. The highest BCUT2D eigenvalue weighted by molar-refractivity contribution is 6.62. The summed E-state index contributed by atoms with van der Waals surface area (Å²) in [7, 11) is 0. The highest BCUT2D eigenvalue weighted by Gasteiger charge is 2.33. The van der Waals surface area contributed by atoms with E-state index in [9.17, 15) is 18.0 Å². The van der Waals surface area contributed by atoms with E-state index in [1.165, 1.54) is 10.2 Å². The van der Waals surface area contributed by atoms with Crippen molar-refractivity contribution < 1.29 is 18.0 Å². The number of carbonyl (C=O) groups excluding carboxylic acids is 1. The molecule has 1 aliphatic heterocycles. The summed E-state index contributed by atoms with van der Waals surface area (Å²) in [4.78, 5) is 12.0. The number of likely N-dealkylation sites (tertiary alicyclic amines) is 1. The van der Waals surface area contributed by atoms with Crippen LogP contribution in [0, 0.1) is 0 Å². The summed E-state index contributed by atoms with van der Waals surface area (Å²) in [6.45, 7) is 0.548. The van der Waals surface area contributed by atoms with Crippen molar-refractivity contribution in [2.24, 2.45) is 0 Å². The van der Waals surface area contributed by atoms with Crippen molar-refractivity contribution in [2.45, 2.75) is 25.2 Å². The topological polar surface area (TPSA) is 32.3 Å². The molecule has 0 radical (unpaired) electrons. The molecule has 0 saturated carbocycles. The van der Waals surface area contributed by atoms with Gasteiger partial charge in [-0.3, -0.25) is 4.79 Å². The summed E-state index contributed by atoms with van der Waals surface area (Å²) >= 11 is 5.18. The normalized spacial score (nSPS) is 19.9. The number of amides is 1. The van der Waals surface area contributed by atoms with Gasteiger partial charge >= 0.3 is 11.7 Å². The Labute approximate surface area is 84.2 Å². The summed E-state index contributed by atoms with van der Waals surface area (Å²) < 4.78 is 35.6. The molecule has 1 rings (SSSR count). The molecule has 0 aliphatic carbocycles. The molecule has 0 unspecified atom stereocenters. The monoisotopic (exact) mass is 230 g/mol. The van der Waals surface area contributed by atoms with Gasteiger partial charge in [0, 0.05) is 19.1 Å². The van der Waals surface area contributed by atoms with E-state index in [1.54, 1.807) is 0 Å². The van der Waals surface area contributed by atoms with Crippen LogP contribution in [-0.2, 0) is 0 Å². The second kappa shape index (κ2) is 4.35. The average molecular weight is 231 g/mol. The highest BCUT2D eigenvalue weighted by atomic mass is 35.5. The van der Waals surface area contributed by atoms with Crippen LogP contribution in [0.3, 0.4) is 0 Å². The number of rotatable bonds is 1. The van der Waals surface area contributed by atoms with E-state index in [4.69, 9.17) is 11.6 Å². The Morgan fingerprint density at radius 3 is 2.21 bits per heavy atom. The molecule has 82 valence electrons. The van der Waals surface area contributed by atoms with Crippen LogP contribution in [0.4, 0.5) is 18.0 Å². The van der Waals surface area contributed by atoms with E-state index in [0.29, 0.717) is 0 Å². The van der Waals surface area contributed by atoms with Crippen molar-refractivity contribution >= 4 is 17.0 Å². The third-order valence-electron chi connectivity index (χ3n) is 2.11. The van der Waals surface area contributed by atoms with E-state index in [2.05, 4.69) is 0 Å². The first-order valence-electron chi connectivity index (χ1n) is 4.17. The number of halogens is 4. The second-order valence-electron chi connectivity index (χ2n) is 3.16. The van der Waals surface area contributed by atoms with Gasteiger partial charge in [-0.15, -0.1) is 0 Å². The SMILES string of the molecule is O=C(Cl)N1CCC(NC(F)(F)F)CC1. The molecular weight excluding hydrogens is 221 g/mol. The van der Waals surface area contributed by atoms with Gasteiger partial charge in [-0.2, -0.15) is 13.2 Å². The van der Waals surface area contributed by atoms with Gasteiger partial charge < -0.3 is 4.90 Å². The van der Waals surface area contributed by atoms with Crippen molar-refractivity contribution in [1.29, 1.82) is 0 Å². The number of carbonyl (C=O) groups is 1. The molecule has 0 aromatic carbocycles. The summed E-state index contributed by atoms with van der Waals surface area (Å²) in [6.07, 6.45) is -3.80. The number of hydrogen-bond donors (Lipinski definition) is 1. The lowest BCUT2D eigenvalue weighted by Gasteiger charge is -2.31. The Bertz CT molecular complexity index is 213. The van der Waals surface area contributed by atoms with E-state index < -0.39 is 17.7 Å². The van der Waals surface area contributed by atoms with Crippen LogP contribution in [0.2, 0.25) is 0 Å². The lowest BCUT2D eigenvalue weighted by atomic mass is 10.1. The van der Waals surface area contributed by atoms with Gasteiger partial charge in [0.25, 0.3) is 0 Å². The van der Waals surface area contributed by atoms with Gasteiger partial charge in [0.05, 0.1) is 0 Å². The van der Waals surface area contributed by atoms with Crippen LogP contribution in [0.25, 0.3) is 0 Å². The van der Waals surface area contributed by atoms with Crippen LogP contribution in [0.5, 0.6) is 0 Å². The maximum absolute atomic E-state index is 11.9. The molecule has 1 aliphatic rings. The molecule has 1 N–H and O–H groups in total. The van der Waals surface area contributed by atoms with Gasteiger partial charge in [0.15, 0.2) is 0 Å². The minimum atomic E-state index is -4.35. The number of alkyl halides is 3. The van der Waals surface area contributed by atoms with Crippen LogP contribution in [0.15, 0.2) is 0 Å². The molecule has 1 fully saturated rings. The zero-order valence-electron chi connectivity index (χ0n) is 7.27. The first kappa shape index (κ1) is 11.6. The standard InChI is InChI=1S/C7H10ClF3N2O/c8-6(14)13-3-1-5(2-4-13)12-7(9,10)11/h5,12H,1-4H2. The fourth-order valence-corrected chi connectivity index (χ4v) is 1.60. The zero-order valence-corrected chi connectivity index (χ0v) is 8.03. The molecule has 3 nitrogen and oxygen atoms in total. The number of nitrogens with one attached hydrogen (secondary N) is 1. The molecule has 0 bridgehead atoms. The fourth-order valence-electron chi connectivity index (χ4n) is 1.43. The average Bonchev–Trinajstić information content (AvgIpc) is 2.02. The highest BCUT2D eigenvalue weighted by Crippen LogP contribution is 2.18. The van der Waals surface area contributed by atoms with E-state index in [0.717, 1.165) is 0 Å². The predicted octanol–water partition coefficient (Wildman–Crippen LogP) is 1.92. The van der Waals surface area contributed by atoms with Crippen molar-refractivity contribution in [3.8, 4) is 0 Å². The van der Waals surface area contributed by atoms with Gasteiger partial charge in [-0.1, -0.05) is 0 Å². The van der Waals surface area contributed by atoms with Crippen LogP contribution >= 0.6 is 11.6 Å². The molecule has 14 heavy (non-hydrogen) atoms. The molecule has 0 spiro atoms. The van der Waals surface area contributed by atoms with E-state index >= 15 is 0 Å². The third kappa shape index (κ3) is 3.71. The Morgan fingerprint density at radius 2 is 1.86 bits per heavy atom. The van der Waals surface area contributed by atoms with Crippen molar-refractivity contribution in [3.63, 3.8) is 0 Å². The Kier molecular flexibility index (Phi) is 3.60. The minimum absolute atomic E-state index is 0.274. The molecule has 0 aromatic rings. The van der Waals surface area contributed by atoms with Crippen LogP contribution in [0.1, 0.15) is 12.8 Å². The number of nitrogens with zero attached hydrogens (tertiary/aromatic N) is 1. The fraction of sp³-hybridized carbons (Fsp3) is 0.857. The van der Waals surface area contributed by atoms with Gasteiger partial charge in [-0.25, -0.2) is 5.32 Å². The minimum Gasteiger partial charge on any atom is -0.329 e. The summed E-state index contributed by atoms with van der Waals surface area (Å²) in [5.41, 5.74) is 0. The maximum Gasteiger partial charge on any atom is 0.457 e. The molecule has 1 heterocycles. The maximum atomic E-state index is 11.9. The first-order chi connectivity index (χ1) is 6.38. The molecule has 7 heteroatoms. The first-order valence-corrected chi connectivity index (χ1v) is 4.55. The third-order valence-corrected chi connectivity index (χ3v) is 2.35. The molecule has 0 atom stereocenters. The van der Waals surface area contributed by atoms with Crippen LogP contribution in [-0.4, -0.2) is 35.7 Å². The zero-order chi connectivity index (χ0) is 10.8. The number of hydrogen-bond acceptors (Lipinski definition) is 2. The summed E-state index contributed by atoms with van der Waals surface area (Å²) in [5.74, 6) is 0. The van der Waals surface area contributed by atoms with Gasteiger partial charge in [-0.05, 0) is 24.4 Å². The quantitative estimate of drug-likeness (QED) is 0.551. The molecule has 1 amide bonds. The molecule has 1 saturated heterocycles. The lowest BCUT2D eigenvalue weighted by Crippen LogP contribution is -2.48. The van der Waals surface area contributed by atoms with E-state index in [-0.39, 0.29) is 25.9 Å². The summed E-state index contributed by atoms with van der Waals surface area (Å²) in [5, 5.41) is 0.935. The van der Waals surface area contributed by atoms with Crippen molar-refractivity contribution in [2.75, 3.05) is 13.1 Å². The second-order valence-corrected chi connectivity index (χ2v) is 3.48. The van der Waals surface area contributed by atoms with Gasteiger partial charge in [0.2, 0.25) is 0 Å². The van der Waals surface area contributed by atoms with Crippen LogP contribution < -0.4 is 5.32 Å². The predicted molar refractivity (Wildman–Crippen MR) is 45.0 cm³/mol. The molecule has 0 aromatic heterocycles. The van der Waals surface area contributed by atoms with E-state index in [1.807, 2.05) is 0 Å². The van der Waals surface area contributed by atoms with Gasteiger partial charge in [0.1, 0.15) is 0 Å². The largest absolute Gasteiger partial charge is 0.457 e. The van der Waals surface area contributed by atoms with Crippen molar-refractivity contribution in [1.82, 2.24) is 10.2 Å². The van der Waals surface area contributed by atoms with Crippen molar-refractivity contribution in [3.05, 3.63) is 0 Å². The smallest absolute Gasteiger partial charge is 0.329 e. The lowest BCUT2D eigenvalue weighted by molar-refractivity contribution is -0.166. The Hall–Kier alpha value is -0.490. The Morgan fingerprint density at radius 1 is 1.36 bits per heavy atom. The molecular formula is C7H10ClF3N2O. The summed E-state index contributed by atoms with van der Waals surface area (Å²) in [6, 6.07) is -0.609.